The summed E-state index contributed by atoms with van der Waals surface area (Å²) in [6.45, 7) is 2.51. The highest BCUT2D eigenvalue weighted by Gasteiger charge is 2.26. The third-order valence-corrected chi connectivity index (χ3v) is 4.76. The maximum Gasteiger partial charge on any atom is 0.303 e. The van der Waals surface area contributed by atoms with Crippen molar-refractivity contribution in [3.05, 3.63) is 0 Å². The van der Waals surface area contributed by atoms with Crippen molar-refractivity contribution in [3.63, 3.8) is 0 Å². The number of carbonyl (C=O) groups is 3. The molecule has 0 aromatic heterocycles. The second kappa shape index (κ2) is 6.97. The molecule has 0 aromatic carbocycles. The van der Waals surface area contributed by atoms with Gasteiger partial charge in [0.2, 0.25) is 5.91 Å². The molecule has 2 saturated heterocycles. The van der Waals surface area contributed by atoms with Crippen LogP contribution in [-0.4, -0.2) is 64.0 Å². The number of amides is 2. The van der Waals surface area contributed by atoms with E-state index in [2.05, 4.69) is 0 Å². The van der Waals surface area contributed by atoms with E-state index in [0.717, 1.165) is 25.1 Å². The molecule has 0 radical (unpaired) electrons. The average Bonchev–Trinajstić information content (AvgIpc) is 2.82. The lowest BCUT2D eigenvalue weighted by molar-refractivity contribution is -0.138. The molecule has 0 unspecified atom stereocenters. The first-order chi connectivity index (χ1) is 9.56. The molecule has 0 spiro atoms. The Kier molecular flexibility index (Phi) is 5.28. The van der Waals surface area contributed by atoms with Crippen molar-refractivity contribution in [3.8, 4) is 0 Å². The van der Waals surface area contributed by atoms with Gasteiger partial charge in [0.05, 0.1) is 0 Å². The molecule has 2 aliphatic heterocycles. The third-order valence-electron chi connectivity index (χ3n) is 3.87. The van der Waals surface area contributed by atoms with Crippen molar-refractivity contribution < 1.29 is 19.5 Å². The summed E-state index contributed by atoms with van der Waals surface area (Å²) in [6.07, 6.45) is 2.09. The number of hydrogen-bond donors (Lipinski definition) is 1. The molecule has 0 bridgehead atoms. The zero-order valence-corrected chi connectivity index (χ0v) is 12.2. The van der Waals surface area contributed by atoms with Crippen LogP contribution in [0, 0.1) is 5.92 Å². The number of rotatable bonds is 5. The molecule has 2 rings (SSSR count). The molecule has 2 heterocycles. The van der Waals surface area contributed by atoms with Gasteiger partial charge in [0, 0.05) is 44.8 Å². The Morgan fingerprint density at radius 1 is 1.25 bits per heavy atom. The van der Waals surface area contributed by atoms with Crippen molar-refractivity contribution in [1.82, 2.24) is 9.80 Å². The fraction of sp³-hybridized carbons (Fsp3) is 0.769. The summed E-state index contributed by atoms with van der Waals surface area (Å²) in [6, 6.07) is 0. The molecule has 0 atom stereocenters. The molecule has 0 saturated carbocycles. The fourth-order valence-electron chi connectivity index (χ4n) is 2.65. The third kappa shape index (κ3) is 4.13. The highest BCUT2D eigenvalue weighted by atomic mass is 32.2. The number of aliphatic carboxylic acids is 1. The first kappa shape index (κ1) is 15.2. The van der Waals surface area contributed by atoms with Crippen LogP contribution in [0.4, 0.5) is 4.79 Å². The van der Waals surface area contributed by atoms with E-state index in [4.69, 9.17) is 5.11 Å². The van der Waals surface area contributed by atoms with Crippen LogP contribution < -0.4 is 0 Å². The van der Waals surface area contributed by atoms with Gasteiger partial charge in [0.15, 0.2) is 0 Å². The van der Waals surface area contributed by atoms with Gasteiger partial charge in [-0.1, -0.05) is 11.8 Å². The van der Waals surface area contributed by atoms with Crippen LogP contribution in [0.5, 0.6) is 0 Å². The van der Waals surface area contributed by atoms with Crippen molar-refractivity contribution in [1.29, 1.82) is 0 Å². The van der Waals surface area contributed by atoms with Crippen LogP contribution >= 0.6 is 11.8 Å². The summed E-state index contributed by atoms with van der Waals surface area (Å²) in [7, 11) is 0. The summed E-state index contributed by atoms with van der Waals surface area (Å²) >= 11 is 1.31. The lowest BCUT2D eigenvalue weighted by Gasteiger charge is -2.31. The molecular formula is C13H20N2O4S. The molecule has 0 aromatic rings. The van der Waals surface area contributed by atoms with Gasteiger partial charge < -0.3 is 14.9 Å². The number of carboxylic acids is 1. The van der Waals surface area contributed by atoms with E-state index >= 15 is 0 Å². The second-order valence-corrected chi connectivity index (χ2v) is 6.32. The Bertz CT molecular complexity index is 394. The number of carboxylic acid groups (broad SMARTS) is 1. The minimum absolute atomic E-state index is 0.0676. The molecule has 112 valence electrons. The van der Waals surface area contributed by atoms with Crippen LogP contribution in [0.25, 0.3) is 0 Å². The number of hydrogen-bond acceptors (Lipinski definition) is 4. The van der Waals surface area contributed by atoms with E-state index in [1.54, 1.807) is 9.80 Å². The van der Waals surface area contributed by atoms with Crippen molar-refractivity contribution >= 4 is 28.9 Å². The molecule has 1 N–H and O–H groups in total. The molecule has 6 nitrogen and oxygen atoms in total. The maximum atomic E-state index is 12.1. The van der Waals surface area contributed by atoms with Crippen LogP contribution in [0.2, 0.25) is 0 Å². The maximum absolute atomic E-state index is 12.1. The lowest BCUT2D eigenvalue weighted by atomic mass is 9.93. The number of likely N-dealkylation sites (tertiary alicyclic amines) is 1. The van der Waals surface area contributed by atoms with E-state index in [1.165, 1.54) is 11.8 Å². The quantitative estimate of drug-likeness (QED) is 0.827. The van der Waals surface area contributed by atoms with Gasteiger partial charge >= 0.3 is 5.97 Å². The van der Waals surface area contributed by atoms with E-state index in [0.29, 0.717) is 26.1 Å². The largest absolute Gasteiger partial charge is 0.481 e. The second-order valence-electron chi connectivity index (χ2n) is 5.27. The zero-order chi connectivity index (χ0) is 14.5. The first-order valence-electron chi connectivity index (χ1n) is 6.97. The van der Waals surface area contributed by atoms with E-state index in [9.17, 15) is 14.4 Å². The standard InChI is InChI=1S/C13H20N2O4S/c16-11(3-6-15-7-8-20-13(15)19)14-4-1-10(2-5-14)9-12(17)18/h10H,1-9H2,(H,17,18). The fourth-order valence-corrected chi connectivity index (χ4v) is 3.50. The van der Waals surface area contributed by atoms with E-state index in [-0.39, 0.29) is 23.5 Å². The minimum Gasteiger partial charge on any atom is -0.481 e. The Labute approximate surface area is 122 Å². The molecule has 2 aliphatic rings. The molecule has 2 amide bonds. The molecular weight excluding hydrogens is 280 g/mol. The first-order valence-corrected chi connectivity index (χ1v) is 7.96. The van der Waals surface area contributed by atoms with Gasteiger partial charge in [-0.15, -0.1) is 0 Å². The van der Waals surface area contributed by atoms with Gasteiger partial charge in [0.1, 0.15) is 0 Å². The summed E-state index contributed by atoms with van der Waals surface area (Å²) in [5, 5.41) is 8.82. The normalized spacial score (nSPS) is 20.5. The van der Waals surface area contributed by atoms with Gasteiger partial charge in [-0.05, 0) is 18.8 Å². The highest BCUT2D eigenvalue weighted by Crippen LogP contribution is 2.21. The van der Waals surface area contributed by atoms with E-state index < -0.39 is 5.97 Å². The summed E-state index contributed by atoms with van der Waals surface area (Å²) in [4.78, 5) is 37.6. The molecule has 20 heavy (non-hydrogen) atoms. The van der Waals surface area contributed by atoms with Crippen LogP contribution in [0.1, 0.15) is 25.7 Å². The predicted octanol–water partition coefficient (Wildman–Crippen LogP) is 1.26. The van der Waals surface area contributed by atoms with Crippen molar-refractivity contribution in [2.45, 2.75) is 25.7 Å². The van der Waals surface area contributed by atoms with E-state index in [1.807, 2.05) is 0 Å². The Morgan fingerprint density at radius 3 is 2.50 bits per heavy atom. The summed E-state index contributed by atoms with van der Waals surface area (Å²) in [5.41, 5.74) is 0. The molecule has 7 heteroatoms. The molecule has 2 fully saturated rings. The Morgan fingerprint density at radius 2 is 1.95 bits per heavy atom. The van der Waals surface area contributed by atoms with Crippen molar-refractivity contribution in [2.24, 2.45) is 5.92 Å². The van der Waals surface area contributed by atoms with Crippen LogP contribution in [0.3, 0.4) is 0 Å². The van der Waals surface area contributed by atoms with Crippen LogP contribution in [-0.2, 0) is 9.59 Å². The van der Waals surface area contributed by atoms with Gasteiger partial charge in [-0.2, -0.15) is 0 Å². The minimum atomic E-state index is -0.764. The number of nitrogens with zero attached hydrogens (tertiary/aromatic N) is 2. The predicted molar refractivity (Wildman–Crippen MR) is 75.6 cm³/mol. The SMILES string of the molecule is O=C(O)CC1CCN(C(=O)CCN2CCSC2=O)CC1. The average molecular weight is 300 g/mol. The Balaban J connectivity index is 1.69. The smallest absolute Gasteiger partial charge is 0.303 e. The van der Waals surface area contributed by atoms with Crippen molar-refractivity contribution in [2.75, 3.05) is 31.9 Å². The number of carbonyl (C=O) groups excluding carboxylic acids is 2. The molecule has 0 aliphatic carbocycles. The van der Waals surface area contributed by atoms with Gasteiger partial charge in [-0.25, -0.2) is 0 Å². The topological polar surface area (TPSA) is 77.9 Å². The monoisotopic (exact) mass is 300 g/mol. The lowest BCUT2D eigenvalue weighted by Crippen LogP contribution is -2.40. The van der Waals surface area contributed by atoms with Gasteiger partial charge in [-0.3, -0.25) is 14.4 Å². The van der Waals surface area contributed by atoms with Gasteiger partial charge in [0.25, 0.3) is 5.24 Å². The summed E-state index contributed by atoms with van der Waals surface area (Å²) < 4.78 is 0. The summed E-state index contributed by atoms with van der Waals surface area (Å²) in [5.74, 6) is 0.310. The highest BCUT2D eigenvalue weighted by molar-refractivity contribution is 8.13. The van der Waals surface area contributed by atoms with Crippen LogP contribution in [0.15, 0.2) is 0 Å². The zero-order valence-electron chi connectivity index (χ0n) is 11.4. The number of piperidine rings is 1. The Hall–Kier alpha value is -1.24. The number of thioether (sulfide) groups is 1.